The van der Waals surface area contributed by atoms with Gasteiger partial charge in [0, 0.05) is 18.4 Å². The summed E-state index contributed by atoms with van der Waals surface area (Å²) >= 11 is 0. The van der Waals surface area contributed by atoms with Gasteiger partial charge in [-0.2, -0.15) is 0 Å². The van der Waals surface area contributed by atoms with Crippen molar-refractivity contribution >= 4 is 5.91 Å². The molecule has 0 aliphatic carbocycles. The minimum Gasteiger partial charge on any atom is -0.494 e. The Kier molecular flexibility index (Phi) is 7.67. The summed E-state index contributed by atoms with van der Waals surface area (Å²) in [6.07, 6.45) is 1.80. The number of rotatable bonds is 10. The van der Waals surface area contributed by atoms with E-state index in [9.17, 15) is 9.90 Å². The number of carbonyl (C=O) groups excluding carboxylic acids is 1. The Morgan fingerprint density at radius 2 is 1.92 bits per heavy atom. The molecule has 2 N–H and O–H groups in total. The number of aryl methyl sites for hydroxylation is 1. The molecule has 0 fully saturated rings. The number of hydrogen-bond donors (Lipinski definition) is 2. The maximum Gasteiger partial charge on any atom is 0.220 e. The fourth-order valence-corrected chi connectivity index (χ4v) is 2.79. The summed E-state index contributed by atoms with van der Waals surface area (Å²) in [7, 11) is 0. The molecule has 0 aliphatic heterocycles. The zero-order chi connectivity index (χ0) is 18.8. The predicted molar refractivity (Wildman–Crippen MR) is 104 cm³/mol. The van der Waals surface area contributed by atoms with Crippen molar-refractivity contribution in [1.82, 2.24) is 5.32 Å². The summed E-state index contributed by atoms with van der Waals surface area (Å²) in [5, 5.41) is 12.7. The number of amides is 1. The molecule has 2 rings (SSSR count). The molecule has 26 heavy (non-hydrogen) atoms. The van der Waals surface area contributed by atoms with E-state index in [0.29, 0.717) is 26.0 Å². The van der Waals surface area contributed by atoms with Crippen molar-refractivity contribution in [3.8, 4) is 5.75 Å². The second-order valence-corrected chi connectivity index (χ2v) is 7.18. The minimum atomic E-state index is -0.366. The number of benzene rings is 2. The summed E-state index contributed by atoms with van der Waals surface area (Å²) in [5.41, 5.74) is 1.95. The van der Waals surface area contributed by atoms with Crippen LogP contribution in [0.5, 0.6) is 5.75 Å². The molecule has 1 atom stereocenters. The fourth-order valence-electron chi connectivity index (χ4n) is 2.79. The lowest BCUT2D eigenvalue weighted by Gasteiger charge is -2.27. The number of aliphatic hydroxyl groups excluding tert-OH is 1. The van der Waals surface area contributed by atoms with Crippen LogP contribution < -0.4 is 10.1 Å². The van der Waals surface area contributed by atoms with E-state index in [-0.39, 0.29) is 17.9 Å². The molecule has 0 heterocycles. The zero-order valence-corrected chi connectivity index (χ0v) is 15.7. The summed E-state index contributed by atoms with van der Waals surface area (Å²) in [4.78, 5) is 12.1. The van der Waals surface area contributed by atoms with E-state index in [1.165, 1.54) is 0 Å². The molecule has 1 unspecified atom stereocenters. The van der Waals surface area contributed by atoms with Gasteiger partial charge >= 0.3 is 0 Å². The fraction of sp³-hybridized carbons (Fsp3) is 0.409. The maximum absolute atomic E-state index is 12.1. The van der Waals surface area contributed by atoms with Gasteiger partial charge in [0.2, 0.25) is 5.91 Å². The van der Waals surface area contributed by atoms with Gasteiger partial charge in [0.25, 0.3) is 0 Å². The standard InChI is InChI=1S/C22H29NO3/c1-18-8-6-11-20(14-18)26-13-7-12-21(25)23-16-22(2,17-24)15-19-9-4-3-5-10-19/h3-6,8-11,14,24H,7,12-13,15-17H2,1-2H3,(H,23,25). The number of aliphatic hydroxyl groups is 1. The van der Waals surface area contributed by atoms with Crippen molar-refractivity contribution < 1.29 is 14.6 Å². The molecule has 0 aromatic heterocycles. The SMILES string of the molecule is Cc1cccc(OCCCC(=O)NCC(C)(CO)Cc2ccccc2)c1. The quantitative estimate of drug-likeness (QED) is 0.641. The van der Waals surface area contributed by atoms with Crippen LogP contribution in [-0.4, -0.2) is 30.8 Å². The second-order valence-electron chi connectivity index (χ2n) is 7.18. The van der Waals surface area contributed by atoms with E-state index in [1.807, 2.05) is 68.4 Å². The predicted octanol–water partition coefficient (Wildman–Crippen LogP) is 3.51. The molecule has 2 aromatic carbocycles. The Labute approximate surface area is 156 Å². The Hall–Kier alpha value is -2.33. The highest BCUT2D eigenvalue weighted by Crippen LogP contribution is 2.21. The average Bonchev–Trinajstić information content (AvgIpc) is 2.64. The van der Waals surface area contributed by atoms with Crippen molar-refractivity contribution in [2.24, 2.45) is 5.41 Å². The Balaban J connectivity index is 1.69. The lowest BCUT2D eigenvalue weighted by atomic mass is 9.84. The normalized spacial score (nSPS) is 13.0. The molecule has 4 nitrogen and oxygen atoms in total. The minimum absolute atomic E-state index is 0.00872. The van der Waals surface area contributed by atoms with Crippen LogP contribution >= 0.6 is 0 Å². The molecular formula is C22H29NO3. The van der Waals surface area contributed by atoms with Gasteiger partial charge in [-0.05, 0) is 43.0 Å². The molecular weight excluding hydrogens is 326 g/mol. The van der Waals surface area contributed by atoms with Crippen molar-refractivity contribution in [1.29, 1.82) is 0 Å². The van der Waals surface area contributed by atoms with Gasteiger partial charge in [-0.1, -0.05) is 49.4 Å². The van der Waals surface area contributed by atoms with Crippen LogP contribution in [-0.2, 0) is 11.2 Å². The summed E-state index contributed by atoms with van der Waals surface area (Å²) in [6.45, 7) is 5.00. The van der Waals surface area contributed by atoms with Crippen LogP contribution in [0, 0.1) is 12.3 Å². The Morgan fingerprint density at radius 1 is 1.15 bits per heavy atom. The van der Waals surface area contributed by atoms with Gasteiger partial charge in [0.1, 0.15) is 5.75 Å². The van der Waals surface area contributed by atoms with Gasteiger partial charge in [0.05, 0.1) is 13.2 Å². The second kappa shape index (κ2) is 9.97. The maximum atomic E-state index is 12.1. The first-order valence-corrected chi connectivity index (χ1v) is 9.12. The van der Waals surface area contributed by atoms with E-state index < -0.39 is 0 Å². The van der Waals surface area contributed by atoms with E-state index in [4.69, 9.17) is 4.74 Å². The van der Waals surface area contributed by atoms with Crippen LogP contribution in [0.15, 0.2) is 54.6 Å². The highest BCUT2D eigenvalue weighted by Gasteiger charge is 2.24. The van der Waals surface area contributed by atoms with Crippen LogP contribution in [0.3, 0.4) is 0 Å². The molecule has 1 amide bonds. The number of ether oxygens (including phenoxy) is 1. The number of nitrogens with one attached hydrogen (secondary N) is 1. The van der Waals surface area contributed by atoms with Crippen molar-refractivity contribution in [3.63, 3.8) is 0 Å². The van der Waals surface area contributed by atoms with E-state index >= 15 is 0 Å². The molecule has 140 valence electrons. The molecule has 4 heteroatoms. The first-order valence-electron chi connectivity index (χ1n) is 9.12. The molecule has 0 saturated heterocycles. The molecule has 0 saturated carbocycles. The third-order valence-corrected chi connectivity index (χ3v) is 4.37. The van der Waals surface area contributed by atoms with Gasteiger partial charge < -0.3 is 15.2 Å². The highest BCUT2D eigenvalue weighted by atomic mass is 16.5. The Bertz CT molecular complexity index is 687. The smallest absolute Gasteiger partial charge is 0.220 e. The van der Waals surface area contributed by atoms with Crippen molar-refractivity contribution in [2.45, 2.75) is 33.1 Å². The first kappa shape index (κ1) is 20.0. The highest BCUT2D eigenvalue weighted by molar-refractivity contribution is 5.75. The molecule has 0 spiro atoms. The van der Waals surface area contributed by atoms with Crippen LogP contribution in [0.1, 0.15) is 30.9 Å². The monoisotopic (exact) mass is 355 g/mol. The lowest BCUT2D eigenvalue weighted by Crippen LogP contribution is -2.39. The summed E-state index contributed by atoms with van der Waals surface area (Å²) < 4.78 is 5.66. The van der Waals surface area contributed by atoms with Crippen LogP contribution in [0.4, 0.5) is 0 Å². The third kappa shape index (κ3) is 6.89. The topological polar surface area (TPSA) is 58.6 Å². The van der Waals surface area contributed by atoms with E-state index in [1.54, 1.807) is 0 Å². The lowest BCUT2D eigenvalue weighted by molar-refractivity contribution is -0.121. The van der Waals surface area contributed by atoms with E-state index in [2.05, 4.69) is 5.32 Å². The van der Waals surface area contributed by atoms with Crippen LogP contribution in [0.2, 0.25) is 0 Å². The average molecular weight is 355 g/mol. The summed E-state index contributed by atoms with van der Waals surface area (Å²) in [5.74, 6) is 0.826. The molecule has 0 aliphatic rings. The summed E-state index contributed by atoms with van der Waals surface area (Å²) in [6, 6.07) is 17.9. The van der Waals surface area contributed by atoms with E-state index in [0.717, 1.165) is 23.3 Å². The van der Waals surface area contributed by atoms with Crippen LogP contribution in [0.25, 0.3) is 0 Å². The van der Waals surface area contributed by atoms with Gasteiger partial charge in [0.15, 0.2) is 0 Å². The van der Waals surface area contributed by atoms with Gasteiger partial charge in [-0.25, -0.2) is 0 Å². The number of carbonyl (C=O) groups is 1. The molecule has 2 aromatic rings. The van der Waals surface area contributed by atoms with Crippen molar-refractivity contribution in [3.05, 3.63) is 65.7 Å². The molecule has 0 radical (unpaired) electrons. The number of hydrogen-bond acceptors (Lipinski definition) is 3. The largest absolute Gasteiger partial charge is 0.494 e. The third-order valence-electron chi connectivity index (χ3n) is 4.37. The first-order chi connectivity index (χ1) is 12.5. The van der Waals surface area contributed by atoms with Gasteiger partial charge in [-0.15, -0.1) is 0 Å². The molecule has 0 bridgehead atoms. The van der Waals surface area contributed by atoms with Crippen molar-refractivity contribution in [2.75, 3.05) is 19.8 Å². The van der Waals surface area contributed by atoms with Gasteiger partial charge in [-0.3, -0.25) is 4.79 Å². The zero-order valence-electron chi connectivity index (χ0n) is 15.7. The Morgan fingerprint density at radius 3 is 2.62 bits per heavy atom.